The van der Waals surface area contributed by atoms with Crippen molar-refractivity contribution in [1.82, 2.24) is 4.90 Å². The van der Waals surface area contributed by atoms with Crippen LogP contribution in [-0.4, -0.2) is 66.4 Å². The van der Waals surface area contributed by atoms with E-state index in [4.69, 9.17) is 28.4 Å². The first kappa shape index (κ1) is 39.6. The van der Waals surface area contributed by atoms with Crippen LogP contribution in [0.15, 0.2) is 42.0 Å². The van der Waals surface area contributed by atoms with E-state index in [0.717, 1.165) is 23.1 Å². The highest BCUT2D eigenvalue weighted by molar-refractivity contribution is 5.79. The molecule has 1 aromatic carbocycles. The average molecular weight is 672 g/mol. The number of amides is 1. The summed E-state index contributed by atoms with van der Waals surface area (Å²) in [7, 11) is 1.58. The number of hydrogen-bond donors (Lipinski definition) is 0. The molecule has 0 bridgehead atoms. The molecule has 2 heterocycles. The van der Waals surface area contributed by atoms with Crippen molar-refractivity contribution in [1.29, 1.82) is 0 Å². The van der Waals surface area contributed by atoms with E-state index in [-0.39, 0.29) is 29.5 Å². The van der Waals surface area contributed by atoms with Crippen molar-refractivity contribution in [2.24, 2.45) is 17.3 Å². The fourth-order valence-corrected chi connectivity index (χ4v) is 6.94. The standard InChI is InChI=1S/C39H61NO8/c1-16-31-39(13,14)34(46-32(17-2)45-31)26(8)24(6)25(7)27(9)44-36(41)33-29(20-22(3)4)40(37(42)48-38(10,11)12)35(47-33)28-19-18-23(5)21-30(28)43-15/h17-19,21-22,26-27,29,31-35H,2,16,20H2,1,3-15H3/b25-24+/t26-,27?,29-,31-,32?,33+,34-,35?/m0/s1. The highest BCUT2D eigenvalue weighted by Gasteiger charge is 2.52. The molecule has 2 aliphatic heterocycles. The Morgan fingerprint density at radius 3 is 2.25 bits per heavy atom. The van der Waals surface area contributed by atoms with Gasteiger partial charge in [0.2, 0.25) is 0 Å². The minimum Gasteiger partial charge on any atom is -0.496 e. The van der Waals surface area contributed by atoms with Crippen molar-refractivity contribution in [2.75, 3.05) is 7.11 Å². The van der Waals surface area contributed by atoms with Gasteiger partial charge in [0.25, 0.3) is 0 Å². The van der Waals surface area contributed by atoms with Crippen LogP contribution in [0.25, 0.3) is 0 Å². The molecule has 0 N–H and O–H groups in total. The molecule has 9 heteroatoms. The summed E-state index contributed by atoms with van der Waals surface area (Å²) in [6, 6.07) is 5.06. The Hall–Kier alpha value is -2.88. The molecular formula is C39H61NO8. The van der Waals surface area contributed by atoms with Gasteiger partial charge in [-0.05, 0) is 90.5 Å². The van der Waals surface area contributed by atoms with Crippen molar-refractivity contribution in [3.63, 3.8) is 0 Å². The van der Waals surface area contributed by atoms with Crippen LogP contribution in [0.5, 0.6) is 5.75 Å². The predicted molar refractivity (Wildman–Crippen MR) is 188 cm³/mol. The molecule has 8 atom stereocenters. The quantitative estimate of drug-likeness (QED) is 0.170. The van der Waals surface area contributed by atoms with Gasteiger partial charge in [-0.2, -0.15) is 0 Å². The first-order valence-corrected chi connectivity index (χ1v) is 17.4. The summed E-state index contributed by atoms with van der Waals surface area (Å²) in [6.45, 7) is 30.0. The molecule has 3 rings (SSSR count). The van der Waals surface area contributed by atoms with Gasteiger partial charge >= 0.3 is 12.1 Å². The minimum absolute atomic E-state index is 0.00971. The number of rotatable bonds is 11. The van der Waals surface area contributed by atoms with E-state index < -0.39 is 48.4 Å². The number of carbonyl (C=O) groups is 2. The third kappa shape index (κ3) is 8.82. The second-order valence-electron chi connectivity index (χ2n) is 15.5. The van der Waals surface area contributed by atoms with E-state index in [9.17, 15) is 9.59 Å². The van der Waals surface area contributed by atoms with Gasteiger partial charge in [-0.25, -0.2) is 9.59 Å². The Balaban J connectivity index is 1.96. The maximum absolute atomic E-state index is 14.1. The number of benzene rings is 1. The summed E-state index contributed by atoms with van der Waals surface area (Å²) in [6.07, 6.45) is -0.626. The number of ether oxygens (including phenoxy) is 6. The lowest BCUT2D eigenvalue weighted by atomic mass is 9.71. The molecule has 3 unspecified atom stereocenters. The van der Waals surface area contributed by atoms with Crippen molar-refractivity contribution in [3.05, 3.63) is 53.1 Å². The number of carbonyl (C=O) groups excluding carboxylic acids is 2. The summed E-state index contributed by atoms with van der Waals surface area (Å²) >= 11 is 0. The van der Waals surface area contributed by atoms with E-state index in [0.29, 0.717) is 17.7 Å². The Morgan fingerprint density at radius 1 is 1.06 bits per heavy atom. The van der Waals surface area contributed by atoms with Gasteiger partial charge in [0.15, 0.2) is 18.6 Å². The minimum atomic E-state index is -1.04. The normalized spacial score (nSPS) is 27.6. The van der Waals surface area contributed by atoms with Gasteiger partial charge in [0, 0.05) is 16.9 Å². The molecule has 2 aliphatic rings. The van der Waals surface area contributed by atoms with Crippen LogP contribution in [-0.2, 0) is 28.5 Å². The maximum Gasteiger partial charge on any atom is 0.413 e. The highest BCUT2D eigenvalue weighted by atomic mass is 16.7. The highest BCUT2D eigenvalue weighted by Crippen LogP contribution is 2.45. The summed E-state index contributed by atoms with van der Waals surface area (Å²) in [5.74, 6) is 0.188. The summed E-state index contributed by atoms with van der Waals surface area (Å²) < 4.78 is 36.8. The third-order valence-corrected chi connectivity index (χ3v) is 9.81. The monoisotopic (exact) mass is 671 g/mol. The molecular weight excluding hydrogens is 610 g/mol. The van der Waals surface area contributed by atoms with Gasteiger partial charge in [0.05, 0.1) is 25.4 Å². The van der Waals surface area contributed by atoms with Crippen LogP contribution in [0.4, 0.5) is 4.79 Å². The number of aryl methyl sites for hydroxylation is 1. The van der Waals surface area contributed by atoms with E-state index in [1.165, 1.54) is 0 Å². The van der Waals surface area contributed by atoms with Crippen LogP contribution >= 0.6 is 0 Å². The molecule has 2 fully saturated rings. The maximum atomic E-state index is 14.1. The SMILES string of the molecule is C=CC1O[C@@H](CC)C(C)(C)[C@H]([C@@H](C)/C(C)=C(\C)C(C)OC(=O)[C@@H]2OC(c3ccc(C)cc3OC)N(C(=O)OC(C)(C)C)[C@H]2CC(C)C)O1. The van der Waals surface area contributed by atoms with Crippen molar-refractivity contribution in [2.45, 2.75) is 151 Å². The average Bonchev–Trinajstić information content (AvgIpc) is 3.37. The van der Waals surface area contributed by atoms with E-state index >= 15 is 0 Å². The Kier molecular flexibility index (Phi) is 13.0. The lowest BCUT2D eigenvalue weighted by molar-refractivity contribution is -0.283. The van der Waals surface area contributed by atoms with Crippen LogP contribution in [0.2, 0.25) is 0 Å². The van der Waals surface area contributed by atoms with E-state index in [2.05, 4.69) is 55.0 Å². The smallest absolute Gasteiger partial charge is 0.413 e. The van der Waals surface area contributed by atoms with Gasteiger partial charge in [-0.3, -0.25) is 4.90 Å². The molecule has 1 aromatic rings. The molecule has 0 spiro atoms. The number of hydrogen-bond acceptors (Lipinski definition) is 8. The van der Waals surface area contributed by atoms with E-state index in [1.54, 1.807) is 18.1 Å². The summed E-state index contributed by atoms with van der Waals surface area (Å²) in [5, 5.41) is 0. The largest absolute Gasteiger partial charge is 0.496 e. The second kappa shape index (κ2) is 15.8. The van der Waals surface area contributed by atoms with Gasteiger partial charge < -0.3 is 28.4 Å². The lowest BCUT2D eigenvalue weighted by Crippen LogP contribution is -2.54. The lowest BCUT2D eigenvalue weighted by Gasteiger charge is -2.49. The Morgan fingerprint density at radius 2 is 1.71 bits per heavy atom. The zero-order chi connectivity index (χ0) is 36.3. The summed E-state index contributed by atoms with van der Waals surface area (Å²) in [5.41, 5.74) is 2.63. The molecule has 1 amide bonds. The molecule has 9 nitrogen and oxygen atoms in total. The molecule has 270 valence electrons. The molecule has 0 saturated carbocycles. The second-order valence-corrected chi connectivity index (χ2v) is 15.5. The topological polar surface area (TPSA) is 92.8 Å². The number of methoxy groups -OCH3 is 1. The van der Waals surface area contributed by atoms with Crippen LogP contribution < -0.4 is 4.74 Å². The van der Waals surface area contributed by atoms with Crippen LogP contribution in [0.1, 0.15) is 113 Å². The van der Waals surface area contributed by atoms with Crippen LogP contribution in [0, 0.1) is 24.2 Å². The van der Waals surface area contributed by atoms with Crippen molar-refractivity contribution >= 4 is 12.1 Å². The first-order chi connectivity index (χ1) is 22.3. The fourth-order valence-electron chi connectivity index (χ4n) is 6.94. The number of esters is 1. The fraction of sp³-hybridized carbons (Fsp3) is 0.692. The molecule has 0 aliphatic carbocycles. The Bertz CT molecular complexity index is 1330. The van der Waals surface area contributed by atoms with Crippen molar-refractivity contribution < 1.29 is 38.0 Å². The first-order valence-electron chi connectivity index (χ1n) is 17.4. The van der Waals surface area contributed by atoms with Gasteiger partial charge in [-0.15, -0.1) is 0 Å². The third-order valence-electron chi connectivity index (χ3n) is 9.81. The van der Waals surface area contributed by atoms with Crippen LogP contribution in [0.3, 0.4) is 0 Å². The molecule has 48 heavy (non-hydrogen) atoms. The van der Waals surface area contributed by atoms with Gasteiger partial charge in [-0.1, -0.05) is 65.8 Å². The molecule has 0 radical (unpaired) electrons. The molecule has 2 saturated heterocycles. The predicted octanol–water partition coefficient (Wildman–Crippen LogP) is 8.69. The van der Waals surface area contributed by atoms with Crippen molar-refractivity contribution in [3.8, 4) is 5.75 Å². The number of nitrogens with zero attached hydrogens (tertiary/aromatic N) is 1. The van der Waals surface area contributed by atoms with E-state index in [1.807, 2.05) is 59.7 Å². The zero-order valence-corrected chi connectivity index (χ0v) is 31.8. The molecule has 0 aromatic heterocycles. The Labute approximate surface area is 289 Å². The summed E-state index contributed by atoms with van der Waals surface area (Å²) in [4.78, 5) is 29.5. The zero-order valence-electron chi connectivity index (χ0n) is 31.8. The van der Waals surface area contributed by atoms with Gasteiger partial charge in [0.1, 0.15) is 17.5 Å².